The molecule has 0 aliphatic carbocycles. The number of halogens is 2. The summed E-state index contributed by atoms with van der Waals surface area (Å²) < 4.78 is 14.8. The van der Waals surface area contributed by atoms with Gasteiger partial charge < -0.3 is 5.32 Å². The lowest BCUT2D eigenvalue weighted by Crippen LogP contribution is -2.13. The molecule has 0 aromatic heterocycles. The third-order valence-electron chi connectivity index (χ3n) is 4.49. The van der Waals surface area contributed by atoms with Gasteiger partial charge in [0.1, 0.15) is 5.82 Å². The van der Waals surface area contributed by atoms with Gasteiger partial charge >= 0.3 is 0 Å². The molecule has 0 fully saturated rings. The molecular formula is C25H18FINOS+. The Hall–Kier alpha value is -2.64. The van der Waals surface area contributed by atoms with Crippen molar-refractivity contribution in [3.05, 3.63) is 118 Å². The van der Waals surface area contributed by atoms with Gasteiger partial charge in [0.2, 0.25) is 0 Å². The van der Waals surface area contributed by atoms with Crippen molar-refractivity contribution in [3.8, 4) is 0 Å². The zero-order valence-corrected chi connectivity index (χ0v) is 18.9. The number of hydrogen-bond acceptors (Lipinski definition) is 1. The van der Waals surface area contributed by atoms with Crippen molar-refractivity contribution in [2.24, 2.45) is 0 Å². The smallest absolute Gasteiger partial charge is 0.255 e. The van der Waals surface area contributed by atoms with Crippen molar-refractivity contribution < 1.29 is 9.18 Å². The van der Waals surface area contributed by atoms with Gasteiger partial charge in [-0.25, -0.2) is 4.39 Å². The van der Waals surface area contributed by atoms with Gasteiger partial charge in [0.15, 0.2) is 14.7 Å². The highest BCUT2D eigenvalue weighted by Crippen LogP contribution is 2.31. The van der Waals surface area contributed by atoms with E-state index in [1.54, 1.807) is 24.3 Å². The van der Waals surface area contributed by atoms with Crippen LogP contribution < -0.4 is 5.32 Å². The Balaban J connectivity index is 1.61. The Morgan fingerprint density at radius 3 is 1.80 bits per heavy atom. The summed E-state index contributed by atoms with van der Waals surface area (Å²) in [7, 11) is -0.273. The zero-order valence-electron chi connectivity index (χ0n) is 15.9. The summed E-state index contributed by atoms with van der Waals surface area (Å²) in [5, 5.41) is 2.65. The third kappa shape index (κ3) is 4.74. The van der Waals surface area contributed by atoms with E-state index in [-0.39, 0.29) is 22.5 Å². The Morgan fingerprint density at radius 1 is 0.733 bits per heavy atom. The second-order valence-corrected chi connectivity index (χ2v) is 9.81. The maximum Gasteiger partial charge on any atom is 0.255 e. The normalized spacial score (nSPS) is 10.8. The molecule has 0 radical (unpaired) electrons. The topological polar surface area (TPSA) is 29.1 Å². The van der Waals surface area contributed by atoms with Crippen molar-refractivity contribution >= 4 is 45.1 Å². The van der Waals surface area contributed by atoms with Gasteiger partial charge in [-0.15, -0.1) is 0 Å². The van der Waals surface area contributed by atoms with Crippen molar-refractivity contribution in [1.82, 2.24) is 0 Å². The van der Waals surface area contributed by atoms with Gasteiger partial charge in [0.25, 0.3) is 5.91 Å². The summed E-state index contributed by atoms with van der Waals surface area (Å²) in [6, 6.07) is 32.9. The fourth-order valence-electron chi connectivity index (χ4n) is 3.05. The SMILES string of the molecule is O=C(Nc1ccc(I)cc1F)c1ccc([S+](c2ccccc2)c2ccccc2)cc1. The van der Waals surface area contributed by atoms with E-state index in [1.807, 2.05) is 71.1 Å². The Bertz CT molecular complexity index is 1110. The molecule has 1 N–H and O–H groups in total. The third-order valence-corrected chi connectivity index (χ3v) is 7.39. The molecule has 0 heterocycles. The van der Waals surface area contributed by atoms with E-state index in [2.05, 4.69) is 29.6 Å². The van der Waals surface area contributed by atoms with Gasteiger partial charge in [0, 0.05) is 9.13 Å². The van der Waals surface area contributed by atoms with Crippen LogP contribution in [-0.2, 0) is 10.9 Å². The van der Waals surface area contributed by atoms with E-state index in [9.17, 15) is 9.18 Å². The number of nitrogens with one attached hydrogen (secondary N) is 1. The highest BCUT2D eigenvalue weighted by Gasteiger charge is 2.28. The summed E-state index contributed by atoms with van der Waals surface area (Å²) in [6.45, 7) is 0. The molecule has 30 heavy (non-hydrogen) atoms. The quantitative estimate of drug-likeness (QED) is 0.226. The summed E-state index contributed by atoms with van der Waals surface area (Å²) in [4.78, 5) is 16.1. The molecule has 0 aliphatic heterocycles. The standard InChI is InChI=1S/C25H17FINOS/c26-23-17-19(27)13-16-24(23)28-25(29)18-11-14-22(15-12-18)30(20-7-3-1-4-8-20)21-9-5-2-6-10-21/h1-17H/p+1. The largest absolute Gasteiger partial charge is 0.319 e. The maximum absolute atomic E-state index is 14.1. The van der Waals surface area contributed by atoms with Crippen molar-refractivity contribution in [1.29, 1.82) is 0 Å². The van der Waals surface area contributed by atoms with E-state index < -0.39 is 5.82 Å². The number of anilines is 1. The van der Waals surface area contributed by atoms with E-state index >= 15 is 0 Å². The van der Waals surface area contributed by atoms with Crippen LogP contribution in [0, 0.1) is 9.39 Å². The lowest BCUT2D eigenvalue weighted by Gasteiger charge is -2.09. The molecule has 5 heteroatoms. The molecule has 1 amide bonds. The molecule has 2 nitrogen and oxygen atoms in total. The van der Waals surface area contributed by atoms with Crippen LogP contribution in [0.3, 0.4) is 0 Å². The molecule has 0 atom stereocenters. The summed E-state index contributed by atoms with van der Waals surface area (Å²) in [6.07, 6.45) is 0. The number of benzene rings is 4. The molecule has 4 rings (SSSR count). The molecule has 0 spiro atoms. The van der Waals surface area contributed by atoms with Crippen molar-refractivity contribution in [2.45, 2.75) is 14.7 Å². The van der Waals surface area contributed by atoms with Gasteiger partial charge in [-0.05, 0) is 89.3 Å². The van der Waals surface area contributed by atoms with Crippen LogP contribution in [-0.4, -0.2) is 5.91 Å². The van der Waals surface area contributed by atoms with Crippen LogP contribution in [0.1, 0.15) is 10.4 Å². The highest BCUT2D eigenvalue weighted by molar-refractivity contribution is 14.1. The van der Waals surface area contributed by atoms with Crippen molar-refractivity contribution in [2.75, 3.05) is 5.32 Å². The molecule has 0 saturated carbocycles. The zero-order chi connectivity index (χ0) is 20.9. The first-order chi connectivity index (χ1) is 14.6. The molecule has 0 bridgehead atoms. The van der Waals surface area contributed by atoms with Crippen LogP contribution in [0.4, 0.5) is 10.1 Å². The van der Waals surface area contributed by atoms with Crippen LogP contribution >= 0.6 is 22.6 Å². The Kier molecular flexibility index (Phi) is 6.50. The van der Waals surface area contributed by atoms with Crippen LogP contribution in [0.2, 0.25) is 0 Å². The Labute approximate surface area is 191 Å². The predicted molar refractivity (Wildman–Crippen MR) is 129 cm³/mol. The first-order valence-corrected chi connectivity index (χ1v) is 11.6. The lowest BCUT2D eigenvalue weighted by atomic mass is 10.2. The predicted octanol–water partition coefficient (Wildman–Crippen LogP) is 6.78. The fourth-order valence-corrected chi connectivity index (χ4v) is 5.59. The second-order valence-electron chi connectivity index (χ2n) is 6.53. The molecule has 4 aromatic carbocycles. The summed E-state index contributed by atoms with van der Waals surface area (Å²) in [5.74, 6) is -0.775. The van der Waals surface area contributed by atoms with Gasteiger partial charge in [-0.3, -0.25) is 4.79 Å². The van der Waals surface area contributed by atoms with Crippen LogP contribution in [0.25, 0.3) is 0 Å². The monoisotopic (exact) mass is 526 g/mol. The average Bonchev–Trinajstić information content (AvgIpc) is 2.78. The first kappa shape index (κ1) is 20.6. The summed E-state index contributed by atoms with van der Waals surface area (Å²) in [5.41, 5.74) is 0.666. The van der Waals surface area contributed by atoms with E-state index in [4.69, 9.17) is 0 Å². The highest BCUT2D eigenvalue weighted by atomic mass is 127. The van der Waals surface area contributed by atoms with Gasteiger partial charge in [-0.1, -0.05) is 36.4 Å². The Morgan fingerprint density at radius 2 is 1.27 bits per heavy atom. The molecular weight excluding hydrogens is 508 g/mol. The minimum absolute atomic E-state index is 0.179. The molecule has 148 valence electrons. The number of carbonyl (C=O) groups excluding carboxylic acids is 1. The fraction of sp³-hybridized carbons (Fsp3) is 0. The number of hydrogen-bond donors (Lipinski definition) is 1. The first-order valence-electron chi connectivity index (χ1n) is 9.33. The molecule has 0 saturated heterocycles. The molecule has 4 aromatic rings. The van der Waals surface area contributed by atoms with Crippen LogP contribution in [0.5, 0.6) is 0 Å². The second kappa shape index (κ2) is 9.45. The number of amides is 1. The minimum Gasteiger partial charge on any atom is -0.319 e. The number of carbonyl (C=O) groups is 1. The van der Waals surface area contributed by atoms with E-state index in [0.717, 1.165) is 8.47 Å². The lowest BCUT2D eigenvalue weighted by molar-refractivity contribution is 0.102. The number of rotatable bonds is 5. The van der Waals surface area contributed by atoms with E-state index in [0.29, 0.717) is 5.56 Å². The minimum atomic E-state index is -0.443. The van der Waals surface area contributed by atoms with Crippen LogP contribution in [0.15, 0.2) is 118 Å². The van der Waals surface area contributed by atoms with Crippen molar-refractivity contribution in [3.63, 3.8) is 0 Å². The molecule has 0 aliphatic rings. The van der Waals surface area contributed by atoms with Gasteiger partial charge in [0.05, 0.1) is 16.6 Å². The van der Waals surface area contributed by atoms with Gasteiger partial charge in [-0.2, -0.15) is 0 Å². The summed E-state index contributed by atoms with van der Waals surface area (Å²) >= 11 is 2.03. The molecule has 0 unspecified atom stereocenters. The maximum atomic E-state index is 14.1. The van der Waals surface area contributed by atoms with E-state index in [1.165, 1.54) is 15.9 Å². The average molecular weight is 526 g/mol.